The molecule has 1 aliphatic rings. The van der Waals surface area contributed by atoms with Gasteiger partial charge in [0, 0.05) is 22.9 Å². The Balaban J connectivity index is 1.60. The summed E-state index contributed by atoms with van der Waals surface area (Å²) < 4.78 is 38.9. The van der Waals surface area contributed by atoms with Gasteiger partial charge in [0.05, 0.1) is 17.5 Å². The van der Waals surface area contributed by atoms with Crippen LogP contribution in [0, 0.1) is 19.7 Å². The van der Waals surface area contributed by atoms with Crippen molar-refractivity contribution in [1.82, 2.24) is 19.6 Å². The highest BCUT2D eigenvalue weighted by Gasteiger charge is 2.31. The van der Waals surface area contributed by atoms with Crippen molar-refractivity contribution in [1.29, 1.82) is 0 Å². The van der Waals surface area contributed by atoms with Crippen molar-refractivity contribution in [3.05, 3.63) is 59.2 Å². The lowest BCUT2D eigenvalue weighted by Crippen LogP contribution is -2.42. The molecule has 0 radical (unpaired) electrons. The number of hydrogen-bond donors (Lipinski definition) is 0. The van der Waals surface area contributed by atoms with Gasteiger partial charge in [-0.2, -0.15) is 0 Å². The first-order chi connectivity index (χ1) is 14.2. The summed E-state index contributed by atoms with van der Waals surface area (Å²) in [7, 11) is -3.38. The number of halogens is 1. The van der Waals surface area contributed by atoms with Crippen molar-refractivity contribution >= 4 is 38.8 Å². The second-order valence-corrected chi connectivity index (χ2v) is 9.75. The maximum absolute atomic E-state index is 13.4. The molecule has 1 aromatic carbocycles. The zero-order chi connectivity index (χ0) is 21.5. The molecule has 0 spiro atoms. The van der Waals surface area contributed by atoms with Crippen LogP contribution in [-0.2, 0) is 14.6 Å². The van der Waals surface area contributed by atoms with Gasteiger partial charge in [-0.1, -0.05) is 11.8 Å². The van der Waals surface area contributed by atoms with E-state index in [-0.39, 0.29) is 17.4 Å². The molecule has 0 saturated carbocycles. The summed E-state index contributed by atoms with van der Waals surface area (Å²) in [6, 6.07) is 6.53. The molecule has 2 aromatic heterocycles. The standard InChI is InChI=1S/C19H18FN5O3S2/c1-12-9-17-22-23-19(24(17)13(2)21-12)29-10-18(26)25(15-5-3-14(20)4-6-15)16-7-8-30(27,28)11-16/h3-9,16H,10-11H2,1-2H3. The first-order valence-electron chi connectivity index (χ1n) is 9.04. The van der Waals surface area contributed by atoms with E-state index in [0.29, 0.717) is 22.3 Å². The Kier molecular flexibility index (Phi) is 5.33. The Morgan fingerprint density at radius 1 is 1.27 bits per heavy atom. The van der Waals surface area contributed by atoms with Gasteiger partial charge in [0.25, 0.3) is 0 Å². The summed E-state index contributed by atoms with van der Waals surface area (Å²) >= 11 is 1.18. The predicted molar refractivity (Wildman–Crippen MR) is 112 cm³/mol. The lowest BCUT2D eigenvalue weighted by Gasteiger charge is -2.27. The van der Waals surface area contributed by atoms with Crippen molar-refractivity contribution in [3.63, 3.8) is 0 Å². The fourth-order valence-electron chi connectivity index (χ4n) is 3.33. The quantitative estimate of drug-likeness (QED) is 0.554. The molecule has 1 aliphatic heterocycles. The second-order valence-electron chi connectivity index (χ2n) is 6.88. The van der Waals surface area contributed by atoms with E-state index in [4.69, 9.17) is 0 Å². The van der Waals surface area contributed by atoms with Crippen molar-refractivity contribution < 1.29 is 17.6 Å². The number of fused-ring (bicyclic) bond motifs is 1. The van der Waals surface area contributed by atoms with Gasteiger partial charge in [0.1, 0.15) is 11.6 Å². The number of carbonyl (C=O) groups is 1. The average molecular weight is 448 g/mol. The van der Waals surface area contributed by atoms with E-state index >= 15 is 0 Å². The van der Waals surface area contributed by atoms with Gasteiger partial charge < -0.3 is 4.90 Å². The lowest BCUT2D eigenvalue weighted by atomic mass is 10.2. The Bertz CT molecular complexity index is 1260. The molecule has 1 amide bonds. The molecular formula is C19H18FN5O3S2. The van der Waals surface area contributed by atoms with Crippen LogP contribution < -0.4 is 4.90 Å². The molecular weight excluding hydrogens is 429 g/mol. The minimum atomic E-state index is -3.38. The molecule has 4 rings (SSSR count). The van der Waals surface area contributed by atoms with Crippen LogP contribution in [0.1, 0.15) is 11.5 Å². The number of sulfone groups is 1. The number of hydrogen-bond acceptors (Lipinski definition) is 7. The summed E-state index contributed by atoms with van der Waals surface area (Å²) in [5.74, 6) is -0.284. The van der Waals surface area contributed by atoms with Gasteiger partial charge in [0.15, 0.2) is 20.6 Å². The Hall–Kier alpha value is -2.79. The number of benzene rings is 1. The van der Waals surface area contributed by atoms with E-state index in [1.54, 1.807) is 10.5 Å². The third-order valence-corrected chi connectivity index (χ3v) is 6.89. The molecule has 8 nitrogen and oxygen atoms in total. The van der Waals surface area contributed by atoms with Gasteiger partial charge in [-0.25, -0.2) is 17.8 Å². The molecule has 0 bridgehead atoms. The number of thioether (sulfide) groups is 1. The van der Waals surface area contributed by atoms with Gasteiger partial charge in [-0.3, -0.25) is 9.20 Å². The second kappa shape index (κ2) is 7.80. The smallest absolute Gasteiger partial charge is 0.238 e. The Morgan fingerprint density at radius 2 is 2.00 bits per heavy atom. The minimum absolute atomic E-state index is 0.00409. The number of amides is 1. The van der Waals surface area contributed by atoms with Gasteiger partial charge in [0.2, 0.25) is 5.91 Å². The van der Waals surface area contributed by atoms with Crippen LogP contribution >= 0.6 is 11.8 Å². The van der Waals surface area contributed by atoms with E-state index in [0.717, 1.165) is 11.1 Å². The summed E-state index contributed by atoms with van der Waals surface area (Å²) in [6.07, 6.45) is 1.48. The topological polar surface area (TPSA) is 97.5 Å². The number of anilines is 1. The predicted octanol–water partition coefficient (Wildman–Crippen LogP) is 2.32. The van der Waals surface area contributed by atoms with E-state index in [2.05, 4.69) is 15.2 Å². The average Bonchev–Trinajstić information content (AvgIpc) is 3.24. The Labute approximate surface area is 176 Å². The summed E-state index contributed by atoms with van der Waals surface area (Å²) in [4.78, 5) is 18.9. The van der Waals surface area contributed by atoms with E-state index in [1.807, 2.05) is 13.8 Å². The molecule has 1 atom stereocenters. The number of rotatable bonds is 5. The number of carbonyl (C=O) groups excluding carboxylic acids is 1. The van der Waals surface area contributed by atoms with Gasteiger partial charge >= 0.3 is 0 Å². The van der Waals surface area contributed by atoms with Gasteiger partial charge in [-0.05, 0) is 44.2 Å². The molecule has 0 fully saturated rings. The third-order valence-electron chi connectivity index (χ3n) is 4.60. The molecule has 11 heteroatoms. The number of nitrogens with zero attached hydrogens (tertiary/aromatic N) is 5. The third kappa shape index (κ3) is 4.08. The molecule has 156 valence electrons. The normalized spacial score (nSPS) is 17.5. The highest BCUT2D eigenvalue weighted by molar-refractivity contribution is 7.99. The summed E-state index contributed by atoms with van der Waals surface area (Å²) in [6.45, 7) is 3.69. The number of aryl methyl sites for hydroxylation is 2. The number of aromatic nitrogens is 4. The monoisotopic (exact) mass is 447 g/mol. The van der Waals surface area contributed by atoms with Crippen molar-refractivity contribution in [2.45, 2.75) is 25.0 Å². The van der Waals surface area contributed by atoms with Crippen LogP contribution in [-0.4, -0.2) is 51.5 Å². The highest BCUT2D eigenvalue weighted by Crippen LogP contribution is 2.26. The maximum atomic E-state index is 13.4. The highest BCUT2D eigenvalue weighted by atomic mass is 32.2. The van der Waals surface area contributed by atoms with E-state index in [9.17, 15) is 17.6 Å². The first-order valence-corrected chi connectivity index (χ1v) is 11.7. The van der Waals surface area contributed by atoms with Crippen LogP contribution in [0.3, 0.4) is 0 Å². The van der Waals surface area contributed by atoms with E-state index in [1.165, 1.54) is 47.0 Å². The van der Waals surface area contributed by atoms with Crippen molar-refractivity contribution in [2.75, 3.05) is 16.4 Å². The van der Waals surface area contributed by atoms with Crippen LogP contribution in [0.5, 0.6) is 0 Å². The molecule has 30 heavy (non-hydrogen) atoms. The van der Waals surface area contributed by atoms with E-state index < -0.39 is 21.7 Å². The molecule has 3 aromatic rings. The zero-order valence-corrected chi connectivity index (χ0v) is 17.8. The summed E-state index contributed by atoms with van der Waals surface area (Å²) in [5, 5.41) is 9.88. The molecule has 0 N–H and O–H groups in total. The SMILES string of the molecule is Cc1cc2nnc(SCC(=O)N(c3ccc(F)cc3)C3C=CS(=O)(=O)C3)n2c(C)n1. The molecule has 3 heterocycles. The van der Waals surface area contributed by atoms with Crippen molar-refractivity contribution in [2.24, 2.45) is 0 Å². The fraction of sp³-hybridized carbons (Fsp3) is 0.263. The van der Waals surface area contributed by atoms with Crippen molar-refractivity contribution in [3.8, 4) is 0 Å². The zero-order valence-electron chi connectivity index (χ0n) is 16.2. The van der Waals surface area contributed by atoms with Crippen LogP contribution in [0.4, 0.5) is 10.1 Å². The maximum Gasteiger partial charge on any atom is 0.238 e. The van der Waals surface area contributed by atoms with Crippen LogP contribution in [0.15, 0.2) is 47.0 Å². The minimum Gasteiger partial charge on any atom is -0.304 e. The summed E-state index contributed by atoms with van der Waals surface area (Å²) in [5.41, 5.74) is 1.88. The molecule has 0 saturated heterocycles. The molecule has 0 aliphatic carbocycles. The largest absolute Gasteiger partial charge is 0.304 e. The van der Waals surface area contributed by atoms with Gasteiger partial charge in [-0.15, -0.1) is 10.2 Å². The van der Waals surface area contributed by atoms with Crippen LogP contribution in [0.2, 0.25) is 0 Å². The van der Waals surface area contributed by atoms with Crippen LogP contribution in [0.25, 0.3) is 5.65 Å². The molecule has 1 unspecified atom stereocenters. The Morgan fingerprint density at radius 3 is 2.67 bits per heavy atom. The fourth-order valence-corrected chi connectivity index (χ4v) is 5.45. The lowest BCUT2D eigenvalue weighted by molar-refractivity contribution is -0.116. The first kappa shape index (κ1) is 20.5.